The van der Waals surface area contributed by atoms with E-state index >= 15 is 0 Å². The third-order valence-corrected chi connectivity index (χ3v) is 6.51. The Morgan fingerprint density at radius 1 is 0.556 bits per heavy atom. The monoisotopic (exact) mass is 652 g/mol. The topological polar surface area (TPSA) is 105 Å². The van der Waals surface area contributed by atoms with Crippen LogP contribution in [0, 0.1) is 0 Å². The summed E-state index contributed by atoms with van der Waals surface area (Å²) >= 11 is -3.64. The van der Waals surface area contributed by atoms with Crippen molar-refractivity contribution in [3.8, 4) is 0 Å². The first-order valence-corrected chi connectivity index (χ1v) is 10.8. The van der Waals surface area contributed by atoms with E-state index in [9.17, 15) is 19.2 Å². The molecule has 0 aliphatic heterocycles. The minimum absolute atomic E-state index is 0.375. The number of hydrogen-bond acceptors (Lipinski definition) is 8. The van der Waals surface area contributed by atoms with Gasteiger partial charge in [-0.2, -0.15) is 0 Å². The van der Waals surface area contributed by atoms with E-state index in [1.807, 2.05) is 0 Å². The van der Waals surface area contributed by atoms with E-state index in [0.29, 0.717) is 0 Å². The minimum atomic E-state index is -1.82. The van der Waals surface area contributed by atoms with Crippen LogP contribution in [0.5, 0.6) is 0 Å². The second kappa shape index (κ2) is 13.2. The molecular formula is C8H12O8Pb2. The molecule has 0 aromatic carbocycles. The summed E-state index contributed by atoms with van der Waals surface area (Å²) in [6.45, 7) is 5.15. The van der Waals surface area contributed by atoms with Gasteiger partial charge in [0.2, 0.25) is 0 Å². The van der Waals surface area contributed by atoms with Crippen LogP contribution in [0.2, 0.25) is 0 Å². The number of hydrogen-bond donors (Lipinski definition) is 0. The van der Waals surface area contributed by atoms with Crippen molar-refractivity contribution in [1.29, 1.82) is 0 Å². The Labute approximate surface area is 131 Å². The van der Waals surface area contributed by atoms with Crippen molar-refractivity contribution < 1.29 is 29.9 Å². The first kappa shape index (κ1) is 20.1. The average molecular weight is 651 g/mol. The normalized spacial score (nSPS) is 8.22. The predicted octanol–water partition coefficient (Wildman–Crippen LogP) is -0.706. The van der Waals surface area contributed by atoms with Crippen LogP contribution < -0.4 is 0 Å². The van der Waals surface area contributed by atoms with E-state index in [2.05, 4.69) is 10.7 Å². The Morgan fingerprint density at radius 3 is 0.833 bits per heavy atom. The molecule has 0 N–H and O–H groups in total. The molecule has 0 aromatic rings. The van der Waals surface area contributed by atoms with Crippen LogP contribution in [0.4, 0.5) is 0 Å². The van der Waals surface area contributed by atoms with Gasteiger partial charge < -0.3 is 0 Å². The number of carbonyl (C=O) groups is 4. The quantitative estimate of drug-likeness (QED) is 0.368. The van der Waals surface area contributed by atoms with Crippen molar-refractivity contribution in [2.45, 2.75) is 27.7 Å². The van der Waals surface area contributed by atoms with Gasteiger partial charge in [-0.05, 0) is 0 Å². The third kappa shape index (κ3) is 24.8. The van der Waals surface area contributed by atoms with Gasteiger partial charge in [-0.15, -0.1) is 0 Å². The van der Waals surface area contributed by atoms with E-state index in [-0.39, 0.29) is 23.9 Å². The zero-order valence-electron chi connectivity index (χ0n) is 10.3. The zero-order chi connectivity index (χ0) is 14.6. The molecule has 0 heterocycles. The van der Waals surface area contributed by atoms with E-state index in [1.54, 1.807) is 0 Å². The SMILES string of the molecule is CC(=O)[O][Pb][O]C(C)=O.CC(=O)[O][Pb][O]C(C)=O. The fourth-order valence-corrected chi connectivity index (χ4v) is 2.43. The van der Waals surface area contributed by atoms with E-state index in [4.69, 9.17) is 0 Å². The van der Waals surface area contributed by atoms with Crippen molar-refractivity contribution in [2.24, 2.45) is 0 Å². The molecule has 0 amide bonds. The molecule has 0 unspecified atom stereocenters. The summed E-state index contributed by atoms with van der Waals surface area (Å²) in [5, 5.41) is 0. The predicted molar refractivity (Wildman–Crippen MR) is 58.6 cm³/mol. The van der Waals surface area contributed by atoms with E-state index in [1.165, 1.54) is 27.7 Å². The molecular weight excluding hydrogens is 638 g/mol. The molecule has 8 nitrogen and oxygen atoms in total. The van der Waals surface area contributed by atoms with Crippen molar-refractivity contribution in [3.63, 3.8) is 0 Å². The Morgan fingerprint density at radius 2 is 0.722 bits per heavy atom. The van der Waals surface area contributed by atoms with Crippen molar-refractivity contribution in [3.05, 3.63) is 0 Å². The van der Waals surface area contributed by atoms with Gasteiger partial charge in [0.15, 0.2) is 0 Å². The van der Waals surface area contributed by atoms with Gasteiger partial charge in [-0.3, -0.25) is 0 Å². The molecule has 0 aliphatic rings. The van der Waals surface area contributed by atoms with Gasteiger partial charge in [0.1, 0.15) is 0 Å². The molecule has 0 aliphatic carbocycles. The van der Waals surface area contributed by atoms with Gasteiger partial charge in [0, 0.05) is 0 Å². The molecule has 10 heteroatoms. The van der Waals surface area contributed by atoms with Crippen LogP contribution in [-0.4, -0.2) is 74.2 Å². The van der Waals surface area contributed by atoms with Crippen molar-refractivity contribution >= 4 is 74.2 Å². The van der Waals surface area contributed by atoms with Crippen LogP contribution in [0.3, 0.4) is 0 Å². The maximum absolute atomic E-state index is 10.1. The fraction of sp³-hybridized carbons (Fsp3) is 0.500. The van der Waals surface area contributed by atoms with Crippen molar-refractivity contribution in [1.82, 2.24) is 0 Å². The molecule has 0 saturated carbocycles. The molecule has 18 heavy (non-hydrogen) atoms. The number of carbonyl (C=O) groups excluding carboxylic acids is 4. The summed E-state index contributed by atoms with van der Waals surface area (Å²) in [6, 6.07) is 0. The van der Waals surface area contributed by atoms with E-state index < -0.39 is 50.3 Å². The van der Waals surface area contributed by atoms with Crippen LogP contribution >= 0.6 is 0 Å². The van der Waals surface area contributed by atoms with Crippen LogP contribution in [0.1, 0.15) is 27.7 Å². The van der Waals surface area contributed by atoms with Gasteiger partial charge in [-0.25, -0.2) is 0 Å². The summed E-state index contributed by atoms with van der Waals surface area (Å²) in [5.41, 5.74) is 0. The third-order valence-electron chi connectivity index (χ3n) is 0.742. The first-order valence-electron chi connectivity index (χ1n) is 4.45. The Kier molecular flexibility index (Phi) is 14.7. The first-order chi connectivity index (χ1) is 8.25. The molecule has 100 valence electrons. The fourth-order valence-electron chi connectivity index (χ4n) is 0.276. The Hall–Kier alpha value is -0.276. The molecule has 0 bridgehead atoms. The van der Waals surface area contributed by atoms with Gasteiger partial charge in [0.05, 0.1) is 0 Å². The van der Waals surface area contributed by atoms with Crippen LogP contribution in [-0.2, 0) is 29.9 Å². The summed E-state index contributed by atoms with van der Waals surface area (Å²) in [4.78, 5) is 40.2. The van der Waals surface area contributed by atoms with E-state index in [0.717, 1.165) is 0 Å². The summed E-state index contributed by atoms with van der Waals surface area (Å²) in [7, 11) is 0. The molecule has 0 saturated heterocycles. The average Bonchev–Trinajstić information content (AvgIpc) is 2.15. The molecule has 0 rings (SSSR count). The van der Waals surface area contributed by atoms with Gasteiger partial charge >= 0.3 is 132 Å². The van der Waals surface area contributed by atoms with Gasteiger partial charge in [0.25, 0.3) is 0 Å². The summed E-state index contributed by atoms with van der Waals surface area (Å²) in [5.74, 6) is -1.50. The summed E-state index contributed by atoms with van der Waals surface area (Å²) in [6.07, 6.45) is 0. The maximum atomic E-state index is 10.1. The van der Waals surface area contributed by atoms with Crippen LogP contribution in [0.15, 0.2) is 0 Å². The summed E-state index contributed by atoms with van der Waals surface area (Å²) < 4.78 is 17.9. The second-order valence-electron chi connectivity index (χ2n) is 2.54. The van der Waals surface area contributed by atoms with Crippen LogP contribution in [0.25, 0.3) is 0 Å². The Balaban J connectivity index is 0. The number of rotatable bonds is 4. The molecule has 0 spiro atoms. The zero-order valence-corrected chi connectivity index (χ0v) is 18.0. The molecule has 0 atom stereocenters. The molecule has 4 radical (unpaired) electrons. The molecule has 0 aromatic heterocycles. The Bertz CT molecular complexity index is 245. The van der Waals surface area contributed by atoms with Crippen molar-refractivity contribution in [2.75, 3.05) is 0 Å². The second-order valence-corrected chi connectivity index (χ2v) is 7.01. The van der Waals surface area contributed by atoms with Gasteiger partial charge in [-0.1, -0.05) is 0 Å². The molecule has 0 fully saturated rings. The standard InChI is InChI=1S/4C2H4O2.2Pb/c4*1-2(3)4;;/h4*1H3,(H,3,4);;/q;;;;2*+2/p-4.